The number of rotatable bonds is 1. The summed E-state index contributed by atoms with van der Waals surface area (Å²) in [7, 11) is 0. The van der Waals surface area contributed by atoms with Crippen LogP contribution in [0.1, 0.15) is 11.0 Å². The average Bonchev–Trinajstić information content (AvgIpc) is 2.58. The van der Waals surface area contributed by atoms with Gasteiger partial charge in [-0.25, -0.2) is 0 Å². The molecule has 0 fully saturated rings. The first-order valence-corrected chi connectivity index (χ1v) is 4.00. The van der Waals surface area contributed by atoms with E-state index in [-0.39, 0.29) is 6.10 Å². The van der Waals surface area contributed by atoms with Gasteiger partial charge in [0, 0.05) is 0 Å². The van der Waals surface area contributed by atoms with Crippen LogP contribution >= 0.6 is 11.5 Å². The van der Waals surface area contributed by atoms with Crippen LogP contribution in [0.5, 0.6) is 0 Å². The molecule has 11 heavy (non-hydrogen) atoms. The van der Waals surface area contributed by atoms with E-state index in [4.69, 9.17) is 4.74 Å². The maximum Gasteiger partial charge on any atom is 0.154 e. The van der Waals surface area contributed by atoms with Crippen LogP contribution in [0.4, 0.5) is 0 Å². The first-order chi connectivity index (χ1) is 5.47. The van der Waals surface area contributed by atoms with Crippen LogP contribution in [-0.4, -0.2) is 9.59 Å². The first-order valence-electron chi connectivity index (χ1n) is 3.23. The van der Waals surface area contributed by atoms with Crippen LogP contribution in [0.15, 0.2) is 30.7 Å². The zero-order chi connectivity index (χ0) is 7.52. The van der Waals surface area contributed by atoms with Gasteiger partial charge in [0.1, 0.15) is 0 Å². The Bertz CT molecular complexity index is 279. The van der Waals surface area contributed by atoms with Crippen LogP contribution in [0.25, 0.3) is 0 Å². The fourth-order valence-corrected chi connectivity index (χ4v) is 1.37. The molecule has 4 heteroatoms. The van der Waals surface area contributed by atoms with E-state index in [1.807, 2.05) is 18.2 Å². The Balaban J connectivity index is 2.19. The summed E-state index contributed by atoms with van der Waals surface area (Å²) < 4.78 is 9.04. The van der Waals surface area contributed by atoms with E-state index in [0.717, 1.165) is 4.88 Å². The van der Waals surface area contributed by atoms with Crippen molar-refractivity contribution in [3.63, 3.8) is 0 Å². The molecule has 2 heterocycles. The normalized spacial score (nSPS) is 21.6. The van der Waals surface area contributed by atoms with Crippen LogP contribution < -0.4 is 0 Å². The molecule has 0 aromatic carbocycles. The molecule has 1 aromatic heterocycles. The zero-order valence-corrected chi connectivity index (χ0v) is 6.49. The van der Waals surface area contributed by atoms with Gasteiger partial charge in [0.25, 0.3) is 0 Å². The Morgan fingerprint density at radius 1 is 1.45 bits per heavy atom. The van der Waals surface area contributed by atoms with Crippen molar-refractivity contribution >= 4 is 11.5 Å². The van der Waals surface area contributed by atoms with Crippen molar-refractivity contribution in [2.45, 2.75) is 6.10 Å². The third-order valence-corrected chi connectivity index (χ3v) is 2.08. The van der Waals surface area contributed by atoms with Gasteiger partial charge < -0.3 is 4.74 Å². The van der Waals surface area contributed by atoms with Gasteiger partial charge in [0.15, 0.2) is 6.10 Å². The van der Waals surface area contributed by atoms with Crippen molar-refractivity contribution in [1.82, 2.24) is 9.59 Å². The number of aromatic nitrogens is 2. The predicted molar refractivity (Wildman–Crippen MR) is 42.0 cm³/mol. The van der Waals surface area contributed by atoms with Crippen LogP contribution in [-0.2, 0) is 4.74 Å². The molecule has 1 atom stereocenters. The number of nitrogens with zero attached hydrogens (tertiary/aromatic N) is 2. The highest BCUT2D eigenvalue weighted by atomic mass is 32.1. The summed E-state index contributed by atoms with van der Waals surface area (Å²) in [5.74, 6) is 0. The third kappa shape index (κ3) is 1.30. The minimum absolute atomic E-state index is 0.0139. The van der Waals surface area contributed by atoms with E-state index in [0.29, 0.717) is 0 Å². The maximum atomic E-state index is 5.29. The average molecular weight is 166 g/mol. The molecule has 0 radical (unpaired) electrons. The topological polar surface area (TPSA) is 35.0 Å². The molecule has 0 bridgehead atoms. The molecule has 0 aliphatic carbocycles. The molecule has 3 nitrogen and oxygen atoms in total. The molecule has 56 valence electrons. The monoisotopic (exact) mass is 166 g/mol. The molecule has 1 aliphatic rings. The Kier molecular flexibility index (Phi) is 1.69. The maximum absolute atomic E-state index is 5.29. The minimum Gasteiger partial charge on any atom is -0.488 e. The van der Waals surface area contributed by atoms with Gasteiger partial charge in [-0.2, -0.15) is 0 Å². The lowest BCUT2D eigenvalue weighted by atomic mass is 10.2. The SMILES string of the molecule is C1=COC(c2cnns2)C=C1. The lowest BCUT2D eigenvalue weighted by molar-refractivity contribution is 0.189. The standard InChI is InChI=1S/C7H6N2OS/c1-2-4-10-6(3-1)7-5-8-9-11-7/h1-6H. The quantitative estimate of drug-likeness (QED) is 0.636. The number of allylic oxidation sites excluding steroid dienone is 2. The summed E-state index contributed by atoms with van der Waals surface area (Å²) in [4.78, 5) is 1.03. The smallest absolute Gasteiger partial charge is 0.154 e. The second-order valence-electron chi connectivity index (χ2n) is 2.09. The summed E-state index contributed by atoms with van der Waals surface area (Å²) in [5, 5.41) is 3.73. The van der Waals surface area contributed by atoms with E-state index in [1.54, 1.807) is 12.5 Å². The number of hydrogen-bond acceptors (Lipinski definition) is 4. The van der Waals surface area contributed by atoms with Gasteiger partial charge >= 0.3 is 0 Å². The summed E-state index contributed by atoms with van der Waals surface area (Å²) in [5.41, 5.74) is 0. The molecule has 0 saturated heterocycles. The summed E-state index contributed by atoms with van der Waals surface area (Å²) >= 11 is 1.36. The molecular formula is C7H6N2OS. The first kappa shape index (κ1) is 6.54. The Morgan fingerprint density at radius 2 is 2.45 bits per heavy atom. The lowest BCUT2D eigenvalue weighted by Gasteiger charge is -2.11. The minimum atomic E-state index is 0.0139. The van der Waals surface area contributed by atoms with Gasteiger partial charge in [-0.05, 0) is 23.7 Å². The fraction of sp³-hybridized carbons (Fsp3) is 0.143. The van der Waals surface area contributed by atoms with Crippen molar-refractivity contribution in [3.05, 3.63) is 35.6 Å². The van der Waals surface area contributed by atoms with Gasteiger partial charge in [-0.15, -0.1) is 5.10 Å². The van der Waals surface area contributed by atoms with Crippen molar-refractivity contribution in [2.24, 2.45) is 0 Å². The summed E-state index contributed by atoms with van der Waals surface area (Å²) in [6, 6.07) is 0. The second kappa shape index (κ2) is 2.84. The molecular weight excluding hydrogens is 160 g/mol. The lowest BCUT2D eigenvalue weighted by Crippen LogP contribution is -1.95. The molecule has 0 saturated carbocycles. The van der Waals surface area contributed by atoms with Crippen LogP contribution in [0.2, 0.25) is 0 Å². The number of hydrogen-bond donors (Lipinski definition) is 0. The van der Waals surface area contributed by atoms with Gasteiger partial charge in [0.05, 0.1) is 17.3 Å². The van der Waals surface area contributed by atoms with Crippen LogP contribution in [0, 0.1) is 0 Å². The van der Waals surface area contributed by atoms with Crippen molar-refractivity contribution < 1.29 is 4.74 Å². The largest absolute Gasteiger partial charge is 0.488 e. The molecule has 0 amide bonds. The van der Waals surface area contributed by atoms with E-state index < -0.39 is 0 Å². The zero-order valence-electron chi connectivity index (χ0n) is 5.68. The second-order valence-corrected chi connectivity index (χ2v) is 2.91. The van der Waals surface area contributed by atoms with Gasteiger partial charge in [-0.1, -0.05) is 10.6 Å². The predicted octanol–water partition coefficient (Wildman–Crippen LogP) is 1.68. The summed E-state index contributed by atoms with van der Waals surface area (Å²) in [6.07, 6.45) is 9.18. The van der Waals surface area contributed by atoms with Crippen molar-refractivity contribution in [3.8, 4) is 0 Å². The fourth-order valence-electron chi connectivity index (χ4n) is 0.848. The highest BCUT2D eigenvalue weighted by Crippen LogP contribution is 2.23. The molecule has 1 aliphatic heterocycles. The Labute approximate surface area is 68.2 Å². The highest BCUT2D eigenvalue weighted by Gasteiger charge is 2.10. The molecule has 0 N–H and O–H groups in total. The molecule has 0 spiro atoms. The van der Waals surface area contributed by atoms with E-state index in [2.05, 4.69) is 9.59 Å². The van der Waals surface area contributed by atoms with E-state index in [9.17, 15) is 0 Å². The summed E-state index contributed by atoms with van der Waals surface area (Å²) in [6.45, 7) is 0. The third-order valence-electron chi connectivity index (χ3n) is 1.36. The molecule has 1 aromatic rings. The van der Waals surface area contributed by atoms with Crippen molar-refractivity contribution in [1.29, 1.82) is 0 Å². The highest BCUT2D eigenvalue weighted by molar-refractivity contribution is 7.05. The van der Waals surface area contributed by atoms with Crippen LogP contribution in [0.3, 0.4) is 0 Å². The Morgan fingerprint density at radius 3 is 3.09 bits per heavy atom. The van der Waals surface area contributed by atoms with Crippen molar-refractivity contribution in [2.75, 3.05) is 0 Å². The number of ether oxygens (including phenoxy) is 1. The molecule has 2 rings (SSSR count). The van der Waals surface area contributed by atoms with E-state index >= 15 is 0 Å². The Hall–Kier alpha value is -1.16. The van der Waals surface area contributed by atoms with Gasteiger partial charge in [0.2, 0.25) is 0 Å². The van der Waals surface area contributed by atoms with Gasteiger partial charge in [-0.3, -0.25) is 0 Å². The molecule has 1 unspecified atom stereocenters. The van der Waals surface area contributed by atoms with E-state index in [1.165, 1.54) is 11.5 Å².